The van der Waals surface area contributed by atoms with Crippen molar-refractivity contribution < 1.29 is 13.4 Å². The van der Waals surface area contributed by atoms with E-state index in [1.54, 1.807) is 19.9 Å². The van der Waals surface area contributed by atoms with Crippen molar-refractivity contribution in [2.45, 2.75) is 46.1 Å². The molecule has 1 aromatic rings. The van der Waals surface area contributed by atoms with E-state index in [1.807, 2.05) is 11.2 Å². The first-order valence-corrected chi connectivity index (χ1v) is 12.5. The van der Waals surface area contributed by atoms with Crippen molar-refractivity contribution in [3.05, 3.63) is 53.0 Å². The number of nitrogens with one attached hydrogen (secondary N) is 2. The minimum absolute atomic E-state index is 0.0568. The van der Waals surface area contributed by atoms with Crippen LogP contribution in [0.2, 0.25) is 0 Å². The first-order chi connectivity index (χ1) is 15.7. The summed E-state index contributed by atoms with van der Waals surface area (Å²) in [6, 6.07) is 4.84. The summed E-state index contributed by atoms with van der Waals surface area (Å²) in [5, 5.41) is 12.1. The molecule has 0 spiro atoms. The van der Waals surface area contributed by atoms with Crippen molar-refractivity contribution in [2.24, 2.45) is 4.99 Å². The second kappa shape index (κ2) is 13.4. The largest absolute Gasteiger partial charge is 0.335 e. The Morgan fingerprint density at radius 3 is 2.55 bits per heavy atom. The zero-order valence-corrected chi connectivity index (χ0v) is 20.8. The molecule has 33 heavy (non-hydrogen) atoms. The molecule has 0 saturated carbocycles. The highest BCUT2D eigenvalue weighted by Crippen LogP contribution is 2.20. The number of aliphatic imine (C=N–C) groups is 1. The highest BCUT2D eigenvalue weighted by molar-refractivity contribution is 7.82. The Hall–Kier alpha value is -2.36. The minimum atomic E-state index is -0.987. The van der Waals surface area contributed by atoms with Crippen LogP contribution < -0.4 is 10.2 Å². The lowest BCUT2D eigenvalue weighted by Crippen LogP contribution is -2.51. The lowest BCUT2D eigenvalue weighted by molar-refractivity contribution is 0.236. The molecule has 2 rings (SSSR count). The normalized spacial score (nSPS) is 17.2. The summed E-state index contributed by atoms with van der Waals surface area (Å²) in [4.78, 5) is 18.4. The van der Waals surface area contributed by atoms with Gasteiger partial charge in [0.2, 0.25) is 0 Å². The van der Waals surface area contributed by atoms with Crippen molar-refractivity contribution in [1.29, 1.82) is 5.41 Å². The van der Waals surface area contributed by atoms with Crippen LogP contribution in [-0.2, 0) is 11.0 Å². The van der Waals surface area contributed by atoms with Crippen molar-refractivity contribution >= 4 is 46.4 Å². The van der Waals surface area contributed by atoms with Gasteiger partial charge in [-0.25, -0.2) is 22.6 Å². The maximum absolute atomic E-state index is 13.5. The van der Waals surface area contributed by atoms with Gasteiger partial charge in [0.05, 0.1) is 16.7 Å². The van der Waals surface area contributed by atoms with Crippen LogP contribution >= 0.6 is 11.6 Å². The SMILES string of the molecule is CCCS(=O)N1CCC(NC(=O)N(C(=N)/C(C)=C/C=N/C=C(\C)Cl)c2ccc(F)cc2)CC1. The fourth-order valence-electron chi connectivity index (χ4n) is 3.24. The van der Waals surface area contributed by atoms with Crippen LogP contribution in [0.1, 0.15) is 40.0 Å². The molecule has 180 valence electrons. The average Bonchev–Trinajstić information content (AvgIpc) is 2.78. The second-order valence-corrected chi connectivity index (χ2v) is 9.87. The van der Waals surface area contributed by atoms with Gasteiger partial charge in [-0.15, -0.1) is 0 Å². The van der Waals surface area contributed by atoms with Crippen LogP contribution in [0.3, 0.4) is 0 Å². The average molecular weight is 496 g/mol. The number of rotatable bonds is 8. The Bertz CT molecular complexity index is 937. The number of nitrogens with zero attached hydrogens (tertiary/aromatic N) is 3. The fourth-order valence-corrected chi connectivity index (χ4v) is 4.52. The number of piperidine rings is 1. The van der Waals surface area contributed by atoms with Crippen molar-refractivity contribution in [1.82, 2.24) is 9.62 Å². The zero-order valence-electron chi connectivity index (χ0n) is 19.2. The molecule has 1 aliphatic heterocycles. The topological polar surface area (TPSA) is 88.9 Å². The number of allylic oxidation sites excluding steroid dienone is 2. The molecule has 1 atom stereocenters. The van der Waals surface area contributed by atoms with Gasteiger partial charge >= 0.3 is 6.03 Å². The Labute approximate surface area is 202 Å². The number of carbonyl (C=O) groups is 1. The number of anilines is 1. The molecule has 0 aliphatic carbocycles. The van der Waals surface area contributed by atoms with E-state index in [1.165, 1.54) is 41.6 Å². The van der Waals surface area contributed by atoms with E-state index in [9.17, 15) is 13.4 Å². The molecular weight excluding hydrogens is 465 g/mol. The molecule has 10 heteroatoms. The molecule has 0 bridgehead atoms. The first kappa shape index (κ1) is 26.9. The third-order valence-electron chi connectivity index (χ3n) is 5.00. The van der Waals surface area contributed by atoms with Crippen LogP contribution in [0, 0.1) is 11.2 Å². The maximum Gasteiger partial charge on any atom is 0.327 e. The minimum Gasteiger partial charge on any atom is -0.335 e. The monoisotopic (exact) mass is 495 g/mol. The van der Waals surface area contributed by atoms with E-state index in [0.717, 1.165) is 6.42 Å². The molecule has 1 aromatic carbocycles. The number of amidine groups is 1. The molecule has 0 aromatic heterocycles. The van der Waals surface area contributed by atoms with Crippen molar-refractivity contribution in [2.75, 3.05) is 23.7 Å². The van der Waals surface area contributed by atoms with Crippen LogP contribution in [-0.4, -0.2) is 51.5 Å². The smallest absolute Gasteiger partial charge is 0.327 e. The van der Waals surface area contributed by atoms with Crippen LogP contribution in [0.15, 0.2) is 52.1 Å². The van der Waals surface area contributed by atoms with Gasteiger partial charge in [-0.2, -0.15) is 0 Å². The number of halogens is 2. The molecule has 0 radical (unpaired) electrons. The third-order valence-corrected chi connectivity index (χ3v) is 6.79. The van der Waals surface area contributed by atoms with Crippen molar-refractivity contribution in [3.63, 3.8) is 0 Å². The van der Waals surface area contributed by atoms with E-state index in [4.69, 9.17) is 17.0 Å². The Morgan fingerprint density at radius 1 is 1.33 bits per heavy atom. The third kappa shape index (κ3) is 8.49. The first-order valence-electron chi connectivity index (χ1n) is 10.8. The maximum atomic E-state index is 13.5. The fraction of sp³-hybridized carbons (Fsp3) is 0.435. The van der Waals surface area contributed by atoms with Gasteiger partial charge in [-0.05, 0) is 69.0 Å². The number of amides is 2. The van der Waals surface area contributed by atoms with Gasteiger partial charge in [-0.1, -0.05) is 18.5 Å². The quantitative estimate of drug-likeness (QED) is 0.393. The molecule has 2 amide bonds. The van der Waals surface area contributed by atoms with Gasteiger partial charge in [0.1, 0.15) is 11.7 Å². The van der Waals surface area contributed by atoms with Gasteiger partial charge < -0.3 is 5.32 Å². The second-order valence-electron chi connectivity index (χ2n) is 7.70. The lowest BCUT2D eigenvalue weighted by Gasteiger charge is -2.33. The molecule has 1 fully saturated rings. The summed E-state index contributed by atoms with van der Waals surface area (Å²) in [6.45, 7) is 6.66. The van der Waals surface area contributed by atoms with Gasteiger partial charge in [-0.3, -0.25) is 10.4 Å². The molecule has 1 unspecified atom stereocenters. The van der Waals surface area contributed by atoms with Crippen LogP contribution in [0.5, 0.6) is 0 Å². The molecule has 1 saturated heterocycles. The van der Waals surface area contributed by atoms with Crippen LogP contribution in [0.4, 0.5) is 14.9 Å². The van der Waals surface area contributed by atoms with E-state index in [2.05, 4.69) is 10.3 Å². The number of benzene rings is 1. The summed E-state index contributed by atoms with van der Waals surface area (Å²) >= 11 is 5.75. The number of hydrogen-bond acceptors (Lipinski definition) is 4. The van der Waals surface area contributed by atoms with E-state index in [0.29, 0.717) is 48.0 Å². The molecule has 7 nitrogen and oxygen atoms in total. The summed E-state index contributed by atoms with van der Waals surface area (Å²) in [5.41, 5.74) is 0.866. The molecule has 1 heterocycles. The van der Waals surface area contributed by atoms with E-state index < -0.39 is 22.8 Å². The van der Waals surface area contributed by atoms with Crippen molar-refractivity contribution in [3.8, 4) is 0 Å². The standard InChI is InChI=1S/C23H31ClFN5O2S/c1-4-15-33(32)29-13-10-20(11-14-29)28-23(31)30(21-7-5-19(25)6-8-21)22(26)17(2)9-12-27-16-18(3)24/h5-9,12,16,20,26H,4,10-11,13-15H2,1-3H3,(H,28,31)/b17-9+,18-16+,26-22?,27-12+. The van der Waals surface area contributed by atoms with Gasteiger partial charge in [0.25, 0.3) is 0 Å². The highest BCUT2D eigenvalue weighted by atomic mass is 35.5. The van der Waals surface area contributed by atoms with Gasteiger partial charge in [0.15, 0.2) is 0 Å². The summed E-state index contributed by atoms with van der Waals surface area (Å²) in [7, 11) is -0.987. The van der Waals surface area contributed by atoms with Crippen LogP contribution in [0.25, 0.3) is 0 Å². The highest BCUT2D eigenvalue weighted by Gasteiger charge is 2.27. The summed E-state index contributed by atoms with van der Waals surface area (Å²) < 4.78 is 27.6. The van der Waals surface area contributed by atoms with E-state index >= 15 is 0 Å². The molecule has 2 N–H and O–H groups in total. The number of hydrogen-bond donors (Lipinski definition) is 2. The predicted octanol–water partition coefficient (Wildman–Crippen LogP) is 4.97. The molecule has 1 aliphatic rings. The Morgan fingerprint density at radius 2 is 1.97 bits per heavy atom. The molecular formula is C23H31ClFN5O2S. The predicted molar refractivity (Wildman–Crippen MR) is 135 cm³/mol. The number of urea groups is 1. The Kier molecular flexibility index (Phi) is 10.9. The Balaban J connectivity index is 2.15. The van der Waals surface area contributed by atoms with E-state index in [-0.39, 0.29) is 11.9 Å². The lowest BCUT2D eigenvalue weighted by atomic mass is 10.1. The summed E-state index contributed by atoms with van der Waals surface area (Å²) in [5.74, 6) is 0.154. The zero-order chi connectivity index (χ0) is 24.4. The summed E-state index contributed by atoms with van der Waals surface area (Å²) in [6.07, 6.45) is 6.75. The number of carbonyl (C=O) groups excluding carboxylic acids is 1. The van der Waals surface area contributed by atoms with Gasteiger partial charge in [0, 0.05) is 42.3 Å².